The molecule has 1 atom stereocenters. The maximum atomic E-state index is 13.0. The van der Waals surface area contributed by atoms with Gasteiger partial charge in [-0.25, -0.2) is 4.79 Å². The van der Waals surface area contributed by atoms with Gasteiger partial charge in [-0.15, -0.1) is 0 Å². The summed E-state index contributed by atoms with van der Waals surface area (Å²) in [6.45, 7) is 1.64. The minimum Gasteiger partial charge on any atom is -0.452 e. The van der Waals surface area contributed by atoms with Gasteiger partial charge in [-0.3, -0.25) is 5.43 Å². The molecule has 2 N–H and O–H groups in total. The van der Waals surface area contributed by atoms with E-state index in [9.17, 15) is 18.0 Å². The van der Waals surface area contributed by atoms with Crippen LogP contribution in [0.2, 0.25) is 0 Å². The van der Waals surface area contributed by atoms with Gasteiger partial charge in [-0.1, -0.05) is 30.3 Å². The molecule has 0 saturated carbocycles. The number of halogens is 3. The Labute approximate surface area is 164 Å². The summed E-state index contributed by atoms with van der Waals surface area (Å²) in [5, 5.41) is 6.42. The second-order valence-electron chi connectivity index (χ2n) is 6.12. The van der Waals surface area contributed by atoms with E-state index >= 15 is 0 Å². The molecule has 1 aliphatic heterocycles. The van der Waals surface area contributed by atoms with Gasteiger partial charge in [-0.05, 0) is 42.9 Å². The third kappa shape index (κ3) is 4.48. The summed E-state index contributed by atoms with van der Waals surface area (Å²) < 4.78 is 44.5. The van der Waals surface area contributed by atoms with Crippen LogP contribution in [0.3, 0.4) is 0 Å². The lowest BCUT2D eigenvalue weighted by Gasteiger charge is -2.24. The zero-order valence-electron chi connectivity index (χ0n) is 14.7. The lowest BCUT2D eigenvalue weighted by atomic mass is 9.97. The fourth-order valence-electron chi connectivity index (χ4n) is 2.77. The summed E-state index contributed by atoms with van der Waals surface area (Å²) in [5.74, 6) is -0.443. The first-order valence-corrected chi connectivity index (χ1v) is 8.73. The summed E-state index contributed by atoms with van der Waals surface area (Å²) in [7, 11) is 0. The van der Waals surface area contributed by atoms with Gasteiger partial charge < -0.3 is 10.1 Å². The number of carbonyl (C=O) groups is 1. The molecule has 146 valence electrons. The van der Waals surface area contributed by atoms with Crippen molar-refractivity contribution < 1.29 is 22.7 Å². The molecular weight excluding hydrogens is 391 g/mol. The second kappa shape index (κ2) is 7.97. The molecule has 2 aromatic carbocycles. The highest BCUT2D eigenvalue weighted by Gasteiger charge is 2.33. The molecule has 0 spiro atoms. The van der Waals surface area contributed by atoms with Crippen molar-refractivity contribution in [2.75, 3.05) is 5.32 Å². The average molecular weight is 407 g/mol. The van der Waals surface area contributed by atoms with Crippen LogP contribution >= 0.6 is 12.2 Å². The van der Waals surface area contributed by atoms with E-state index in [1.54, 1.807) is 19.1 Å². The molecule has 5 nitrogen and oxygen atoms in total. The average Bonchev–Trinajstić information content (AvgIpc) is 2.65. The standard InChI is InChI=1S/C19H16F3N3O2S/c1-11(16-10-12-6-2-3-7-13(12)17(26)27-16)24-25-18(28)23-15-9-5-4-8-14(15)19(20,21)22/h2-9,16H,10H2,1H3,(H2,23,25,28)/b24-11+. The number of benzene rings is 2. The smallest absolute Gasteiger partial charge is 0.418 e. The highest BCUT2D eigenvalue weighted by atomic mass is 32.1. The number of fused-ring (bicyclic) bond motifs is 1. The van der Waals surface area contributed by atoms with Crippen LogP contribution in [0.15, 0.2) is 53.6 Å². The molecular formula is C19H16F3N3O2S. The Morgan fingerprint density at radius 3 is 2.61 bits per heavy atom. The minimum atomic E-state index is -4.51. The van der Waals surface area contributed by atoms with E-state index in [-0.39, 0.29) is 10.8 Å². The maximum Gasteiger partial charge on any atom is 0.418 e. The van der Waals surface area contributed by atoms with Crippen LogP contribution in [0, 0.1) is 0 Å². The number of hydrogen-bond acceptors (Lipinski definition) is 4. The quantitative estimate of drug-likeness (QED) is 0.346. The summed E-state index contributed by atoms with van der Waals surface area (Å²) in [6, 6.07) is 12.1. The normalized spacial score (nSPS) is 16.8. The van der Waals surface area contributed by atoms with Crippen molar-refractivity contribution in [3.05, 3.63) is 65.2 Å². The first-order valence-electron chi connectivity index (χ1n) is 8.32. The summed E-state index contributed by atoms with van der Waals surface area (Å²) in [5.41, 5.74) is 3.28. The van der Waals surface area contributed by atoms with Crippen LogP contribution < -0.4 is 10.7 Å². The lowest BCUT2D eigenvalue weighted by molar-refractivity contribution is -0.136. The molecule has 0 aliphatic carbocycles. The van der Waals surface area contributed by atoms with Crippen LogP contribution in [0.25, 0.3) is 0 Å². The van der Waals surface area contributed by atoms with Gasteiger partial charge in [0.2, 0.25) is 0 Å². The monoisotopic (exact) mass is 407 g/mol. The molecule has 9 heteroatoms. The molecule has 1 heterocycles. The molecule has 0 amide bonds. The highest BCUT2D eigenvalue weighted by Crippen LogP contribution is 2.34. The van der Waals surface area contributed by atoms with Crippen molar-refractivity contribution in [1.29, 1.82) is 0 Å². The zero-order chi connectivity index (χ0) is 20.3. The van der Waals surface area contributed by atoms with E-state index in [2.05, 4.69) is 15.8 Å². The summed E-state index contributed by atoms with van der Waals surface area (Å²) in [4.78, 5) is 12.1. The van der Waals surface area contributed by atoms with Crippen LogP contribution in [0.1, 0.15) is 28.4 Å². The Kier molecular flexibility index (Phi) is 5.64. The molecule has 0 bridgehead atoms. The van der Waals surface area contributed by atoms with Crippen molar-refractivity contribution in [2.24, 2.45) is 5.10 Å². The molecule has 0 radical (unpaired) electrons. The van der Waals surface area contributed by atoms with E-state index in [1.807, 2.05) is 12.1 Å². The van der Waals surface area contributed by atoms with Crippen LogP contribution in [0.5, 0.6) is 0 Å². The number of alkyl halides is 3. The Bertz CT molecular complexity index is 944. The molecule has 0 aromatic heterocycles. The number of carbonyl (C=O) groups excluding carboxylic acids is 1. The van der Waals surface area contributed by atoms with Crippen molar-refractivity contribution in [1.82, 2.24) is 5.43 Å². The fourth-order valence-corrected chi connectivity index (χ4v) is 2.92. The number of thiocarbonyl (C=S) groups is 1. The maximum absolute atomic E-state index is 13.0. The van der Waals surface area contributed by atoms with Gasteiger partial charge in [0.25, 0.3) is 0 Å². The van der Waals surface area contributed by atoms with E-state index in [1.165, 1.54) is 18.2 Å². The largest absolute Gasteiger partial charge is 0.452 e. The lowest BCUT2D eigenvalue weighted by Crippen LogP contribution is -2.35. The number of hydrogen-bond donors (Lipinski definition) is 2. The molecule has 1 unspecified atom stereocenters. The molecule has 0 fully saturated rings. The fraction of sp³-hybridized carbons (Fsp3) is 0.211. The minimum absolute atomic E-state index is 0.112. The number of esters is 1. The number of ether oxygens (including phenoxy) is 1. The second-order valence-corrected chi connectivity index (χ2v) is 6.53. The summed E-state index contributed by atoms with van der Waals surface area (Å²) in [6.07, 6.45) is -4.64. The van der Waals surface area contributed by atoms with E-state index in [0.29, 0.717) is 17.7 Å². The van der Waals surface area contributed by atoms with Crippen LogP contribution in [-0.4, -0.2) is 22.9 Å². The summed E-state index contributed by atoms with van der Waals surface area (Å²) >= 11 is 5.02. The van der Waals surface area contributed by atoms with Gasteiger partial charge in [0.05, 0.1) is 22.5 Å². The topological polar surface area (TPSA) is 62.7 Å². The van der Waals surface area contributed by atoms with Crippen molar-refractivity contribution >= 4 is 34.7 Å². The number of cyclic esters (lactones) is 1. The molecule has 28 heavy (non-hydrogen) atoms. The first-order chi connectivity index (χ1) is 13.3. The molecule has 2 aromatic rings. The SMILES string of the molecule is C/C(=N\NC(=S)Nc1ccccc1C(F)(F)F)C1Cc2ccccc2C(=O)O1. The predicted octanol–water partition coefficient (Wildman–Crippen LogP) is 4.15. The molecule has 0 saturated heterocycles. The number of anilines is 1. The van der Waals surface area contributed by atoms with E-state index in [4.69, 9.17) is 17.0 Å². The van der Waals surface area contributed by atoms with Gasteiger partial charge in [0.15, 0.2) is 5.11 Å². The third-order valence-electron chi connectivity index (χ3n) is 4.17. The van der Waals surface area contributed by atoms with Crippen molar-refractivity contribution in [2.45, 2.75) is 25.6 Å². The molecule has 1 aliphatic rings. The predicted molar refractivity (Wildman–Crippen MR) is 103 cm³/mol. The molecule has 3 rings (SSSR count). The Hall–Kier alpha value is -2.94. The third-order valence-corrected chi connectivity index (χ3v) is 4.37. The van der Waals surface area contributed by atoms with Crippen molar-refractivity contribution in [3.8, 4) is 0 Å². The Morgan fingerprint density at radius 1 is 1.18 bits per heavy atom. The van der Waals surface area contributed by atoms with Gasteiger partial charge in [0.1, 0.15) is 6.10 Å². The van der Waals surface area contributed by atoms with Crippen LogP contribution in [0.4, 0.5) is 18.9 Å². The first kappa shape index (κ1) is 19.8. The van der Waals surface area contributed by atoms with E-state index in [0.717, 1.165) is 11.6 Å². The highest BCUT2D eigenvalue weighted by molar-refractivity contribution is 7.80. The zero-order valence-corrected chi connectivity index (χ0v) is 15.5. The Morgan fingerprint density at radius 2 is 1.86 bits per heavy atom. The van der Waals surface area contributed by atoms with E-state index < -0.39 is 23.8 Å². The number of nitrogens with zero attached hydrogens (tertiary/aromatic N) is 1. The van der Waals surface area contributed by atoms with Gasteiger partial charge in [0, 0.05) is 6.42 Å². The van der Waals surface area contributed by atoms with Crippen LogP contribution in [-0.2, 0) is 17.3 Å². The van der Waals surface area contributed by atoms with Gasteiger partial charge in [-0.2, -0.15) is 18.3 Å². The number of nitrogens with one attached hydrogen (secondary N) is 2. The van der Waals surface area contributed by atoms with Crippen molar-refractivity contribution in [3.63, 3.8) is 0 Å². The Balaban J connectivity index is 1.66. The number of hydrazone groups is 1. The van der Waals surface area contributed by atoms with Gasteiger partial charge >= 0.3 is 12.1 Å². The number of rotatable bonds is 3. The number of para-hydroxylation sites is 1.